The fourth-order valence-corrected chi connectivity index (χ4v) is 5.99. The first-order chi connectivity index (χ1) is 15.4. The number of hydrogen-bond acceptors (Lipinski definition) is 7. The van der Waals surface area contributed by atoms with Crippen molar-refractivity contribution in [1.82, 2.24) is 24.7 Å². The number of rotatable bonds is 4. The van der Waals surface area contributed by atoms with Gasteiger partial charge in [0.25, 0.3) is 0 Å². The molecule has 3 aromatic heterocycles. The zero-order chi connectivity index (χ0) is 22.1. The van der Waals surface area contributed by atoms with Gasteiger partial charge in [-0.25, -0.2) is 23.1 Å². The second-order valence-electron chi connectivity index (χ2n) is 8.74. The summed E-state index contributed by atoms with van der Waals surface area (Å²) in [5.41, 5.74) is 2.44. The molecule has 1 aliphatic heterocycles. The van der Waals surface area contributed by atoms with Gasteiger partial charge in [0.05, 0.1) is 30.8 Å². The monoisotopic (exact) mass is 452 g/mol. The first kappa shape index (κ1) is 19.7. The Morgan fingerprint density at radius 2 is 2.03 bits per heavy atom. The lowest BCUT2D eigenvalue weighted by atomic mass is 10.1. The van der Waals surface area contributed by atoms with E-state index in [4.69, 9.17) is 14.7 Å². The smallest absolute Gasteiger partial charge is 0.173 e. The highest BCUT2D eigenvalue weighted by Gasteiger charge is 2.56. The number of anilines is 1. The largest absolute Gasteiger partial charge is 0.377 e. The average Bonchev–Trinajstić information content (AvgIpc) is 3.26. The number of ether oxygens (including phenoxy) is 1. The summed E-state index contributed by atoms with van der Waals surface area (Å²) in [6.45, 7) is 4.02. The molecule has 2 aliphatic rings. The van der Waals surface area contributed by atoms with Crippen LogP contribution in [0.3, 0.4) is 0 Å². The van der Waals surface area contributed by atoms with Gasteiger partial charge in [-0.3, -0.25) is 0 Å². The van der Waals surface area contributed by atoms with E-state index in [1.54, 1.807) is 10.9 Å². The number of H-pyrrole nitrogens is 1. The van der Waals surface area contributed by atoms with Crippen LogP contribution in [0.5, 0.6) is 0 Å². The summed E-state index contributed by atoms with van der Waals surface area (Å²) in [7, 11) is -3.36. The number of aromatic amines is 1. The molecule has 10 heteroatoms. The normalized spacial score (nSPS) is 20.8. The molecule has 1 saturated carbocycles. The average molecular weight is 453 g/mol. The van der Waals surface area contributed by atoms with E-state index in [0.29, 0.717) is 44.1 Å². The molecule has 1 aromatic carbocycles. The van der Waals surface area contributed by atoms with Crippen molar-refractivity contribution in [2.24, 2.45) is 0 Å². The van der Waals surface area contributed by atoms with Crippen LogP contribution in [-0.4, -0.2) is 65.2 Å². The summed E-state index contributed by atoms with van der Waals surface area (Å²) in [5.74, 6) is 1.33. The minimum Gasteiger partial charge on any atom is -0.377 e. The van der Waals surface area contributed by atoms with Crippen molar-refractivity contribution in [3.8, 4) is 11.4 Å². The Morgan fingerprint density at radius 3 is 2.78 bits per heavy atom. The predicted octanol–water partition coefficient (Wildman–Crippen LogP) is 2.69. The van der Waals surface area contributed by atoms with Crippen molar-refractivity contribution in [3.63, 3.8) is 0 Å². The maximum atomic E-state index is 12.7. The Labute approximate surface area is 185 Å². The van der Waals surface area contributed by atoms with E-state index >= 15 is 0 Å². The van der Waals surface area contributed by atoms with Crippen molar-refractivity contribution in [1.29, 1.82) is 0 Å². The Hall–Kier alpha value is -2.98. The highest BCUT2D eigenvalue weighted by atomic mass is 32.2. The predicted molar refractivity (Wildman–Crippen MR) is 122 cm³/mol. The molecular weight excluding hydrogens is 428 g/mol. The van der Waals surface area contributed by atoms with Crippen LogP contribution in [0.2, 0.25) is 0 Å². The van der Waals surface area contributed by atoms with E-state index in [0.717, 1.165) is 27.7 Å². The zero-order valence-corrected chi connectivity index (χ0v) is 18.8. The Morgan fingerprint density at radius 1 is 1.19 bits per heavy atom. The van der Waals surface area contributed by atoms with Gasteiger partial charge >= 0.3 is 0 Å². The Kier molecular flexibility index (Phi) is 4.16. The number of sulfone groups is 1. The number of fused-ring (bicyclic) bond motifs is 2. The topological polar surface area (TPSA) is 106 Å². The summed E-state index contributed by atoms with van der Waals surface area (Å²) in [4.78, 5) is 14.3. The second-order valence-corrected chi connectivity index (χ2v) is 11.0. The van der Waals surface area contributed by atoms with E-state index in [1.807, 2.05) is 30.5 Å². The van der Waals surface area contributed by atoms with E-state index in [9.17, 15) is 8.42 Å². The van der Waals surface area contributed by atoms with Gasteiger partial charge in [0.15, 0.2) is 26.2 Å². The molecule has 9 nitrogen and oxygen atoms in total. The molecule has 1 aliphatic carbocycles. The van der Waals surface area contributed by atoms with Crippen LogP contribution in [0, 0.1) is 0 Å². The zero-order valence-electron chi connectivity index (χ0n) is 17.9. The lowest BCUT2D eigenvalue weighted by Crippen LogP contribution is -2.44. The van der Waals surface area contributed by atoms with Gasteiger partial charge in [0, 0.05) is 35.5 Å². The summed E-state index contributed by atoms with van der Waals surface area (Å²) >= 11 is 0. The SMILES string of the molecule is C[C@@H]1COCCN1c1nc(-c2cccc3[nH]ccc23)nc2c1cnn2C1(S(C)(=O)=O)CC1. The number of hydrogen-bond donors (Lipinski definition) is 1. The molecule has 0 amide bonds. The molecule has 0 spiro atoms. The maximum Gasteiger partial charge on any atom is 0.173 e. The third-order valence-corrected chi connectivity index (χ3v) is 8.60. The summed E-state index contributed by atoms with van der Waals surface area (Å²) in [6.07, 6.45) is 5.96. The fraction of sp³-hybridized carbons (Fsp3) is 0.409. The highest BCUT2D eigenvalue weighted by Crippen LogP contribution is 2.49. The third-order valence-electron chi connectivity index (χ3n) is 6.64. The van der Waals surface area contributed by atoms with Crippen LogP contribution < -0.4 is 4.90 Å². The summed E-state index contributed by atoms with van der Waals surface area (Å²) < 4.78 is 32.6. The number of aromatic nitrogens is 5. The minimum atomic E-state index is -3.36. The van der Waals surface area contributed by atoms with Crippen molar-refractivity contribution in [2.45, 2.75) is 30.7 Å². The molecule has 0 bridgehead atoms. The molecule has 166 valence electrons. The molecule has 6 rings (SSSR count). The number of nitrogens with zero attached hydrogens (tertiary/aromatic N) is 5. The summed E-state index contributed by atoms with van der Waals surface area (Å²) in [5, 5.41) is 6.31. The van der Waals surface area contributed by atoms with Crippen molar-refractivity contribution >= 4 is 37.6 Å². The molecule has 0 unspecified atom stereocenters. The quantitative estimate of drug-likeness (QED) is 0.507. The van der Waals surface area contributed by atoms with Crippen LogP contribution in [0.4, 0.5) is 5.82 Å². The van der Waals surface area contributed by atoms with E-state index in [-0.39, 0.29) is 6.04 Å². The Bertz CT molecular complexity index is 1450. The van der Waals surface area contributed by atoms with Crippen LogP contribution in [-0.2, 0) is 19.4 Å². The van der Waals surface area contributed by atoms with Gasteiger partial charge in [0.1, 0.15) is 5.82 Å². The van der Waals surface area contributed by atoms with Crippen LogP contribution in [0.15, 0.2) is 36.7 Å². The van der Waals surface area contributed by atoms with Crippen LogP contribution in [0.25, 0.3) is 33.3 Å². The van der Waals surface area contributed by atoms with Crippen molar-refractivity contribution in [2.75, 3.05) is 30.9 Å². The molecule has 1 atom stereocenters. The first-order valence-electron chi connectivity index (χ1n) is 10.8. The molecular formula is C22H24N6O3S. The second kappa shape index (κ2) is 6.76. The van der Waals surface area contributed by atoms with Crippen molar-refractivity contribution in [3.05, 3.63) is 36.7 Å². The van der Waals surface area contributed by atoms with Gasteiger partial charge in [-0.15, -0.1) is 0 Å². The number of benzene rings is 1. The van der Waals surface area contributed by atoms with E-state index < -0.39 is 14.7 Å². The Balaban J connectivity index is 1.64. The van der Waals surface area contributed by atoms with Gasteiger partial charge in [0.2, 0.25) is 0 Å². The molecule has 4 aromatic rings. The van der Waals surface area contributed by atoms with Crippen LogP contribution >= 0.6 is 0 Å². The molecule has 1 saturated heterocycles. The molecule has 4 heterocycles. The standard InChI is InChI=1S/C22H24N6O3S/c1-14-13-31-11-10-27(14)20-17-12-24-28(22(7-8-22)32(2,29)30)21(17)26-19(25-20)16-4-3-5-18-15(16)6-9-23-18/h3-6,9,12,14,23H,7-8,10-11,13H2,1-2H3/t14-/m1/s1. The van der Waals surface area contributed by atoms with Crippen molar-refractivity contribution < 1.29 is 13.2 Å². The van der Waals surface area contributed by atoms with Gasteiger partial charge in [-0.2, -0.15) is 5.10 Å². The lowest BCUT2D eigenvalue weighted by Gasteiger charge is -2.34. The van der Waals surface area contributed by atoms with Gasteiger partial charge < -0.3 is 14.6 Å². The fourth-order valence-electron chi connectivity index (χ4n) is 4.70. The molecule has 32 heavy (non-hydrogen) atoms. The molecule has 2 fully saturated rings. The van der Waals surface area contributed by atoms with Crippen LogP contribution in [0.1, 0.15) is 19.8 Å². The maximum absolute atomic E-state index is 12.7. The van der Waals surface area contributed by atoms with E-state index in [1.165, 1.54) is 6.26 Å². The first-order valence-corrected chi connectivity index (χ1v) is 12.6. The van der Waals surface area contributed by atoms with E-state index in [2.05, 4.69) is 21.9 Å². The van der Waals surface area contributed by atoms with Gasteiger partial charge in [-0.1, -0.05) is 12.1 Å². The third kappa shape index (κ3) is 2.79. The number of nitrogens with one attached hydrogen (secondary N) is 1. The highest BCUT2D eigenvalue weighted by molar-refractivity contribution is 7.91. The lowest BCUT2D eigenvalue weighted by molar-refractivity contribution is 0.0987. The molecule has 1 N–H and O–H groups in total. The minimum absolute atomic E-state index is 0.130. The number of morpholine rings is 1. The van der Waals surface area contributed by atoms with Gasteiger partial charge in [-0.05, 0) is 31.9 Å². The summed E-state index contributed by atoms with van der Waals surface area (Å²) in [6, 6.07) is 8.11. The molecule has 0 radical (unpaired) electrons.